The summed E-state index contributed by atoms with van der Waals surface area (Å²) in [6, 6.07) is 4.81. The van der Waals surface area contributed by atoms with Crippen LogP contribution in [0.3, 0.4) is 0 Å². The Kier molecular flexibility index (Phi) is 6.83. The largest absolute Gasteiger partial charge is 0.365 e. The monoisotopic (exact) mass is 615 g/mol. The van der Waals surface area contributed by atoms with Crippen molar-refractivity contribution in [1.82, 2.24) is 14.8 Å². The number of nitrogens with one attached hydrogen (secondary N) is 1. The summed E-state index contributed by atoms with van der Waals surface area (Å²) in [5.41, 5.74) is 5.56. The van der Waals surface area contributed by atoms with Crippen molar-refractivity contribution in [3.05, 3.63) is 49.5 Å². The Labute approximate surface area is 223 Å². The Morgan fingerprint density at radius 1 is 1.22 bits per heavy atom. The average molecular weight is 616 g/mol. The molecular weight excluding hydrogens is 598 g/mol. The highest BCUT2D eigenvalue weighted by Crippen LogP contribution is 2.46. The van der Waals surface area contributed by atoms with Gasteiger partial charge in [-0.3, -0.25) is 14.3 Å². The zero-order valence-corrected chi connectivity index (χ0v) is 22.2. The second-order valence-electron chi connectivity index (χ2n) is 8.52. The van der Waals surface area contributed by atoms with E-state index in [1.54, 1.807) is 6.07 Å². The quantitative estimate of drug-likeness (QED) is 0.213. The zero-order valence-electron chi connectivity index (χ0n) is 19.0. The Morgan fingerprint density at radius 2 is 1.95 bits per heavy atom. The first-order valence-corrected chi connectivity index (χ1v) is 13.4. The van der Waals surface area contributed by atoms with Crippen LogP contribution in [0.25, 0.3) is 20.7 Å². The van der Waals surface area contributed by atoms with Crippen LogP contribution in [-0.4, -0.2) is 26.6 Å². The summed E-state index contributed by atoms with van der Waals surface area (Å²) >= 11 is 5.34. The lowest BCUT2D eigenvalue weighted by molar-refractivity contribution is -0.117. The molecule has 5 rings (SSSR count). The fourth-order valence-corrected chi connectivity index (χ4v) is 6.77. The predicted molar refractivity (Wildman–Crippen MR) is 137 cm³/mol. The molecule has 4 aromatic heterocycles. The van der Waals surface area contributed by atoms with Gasteiger partial charge in [-0.25, -0.2) is 22.5 Å². The van der Waals surface area contributed by atoms with Crippen LogP contribution in [0.1, 0.15) is 63.2 Å². The van der Waals surface area contributed by atoms with E-state index in [2.05, 4.69) is 31.3 Å². The summed E-state index contributed by atoms with van der Waals surface area (Å²) in [6.07, 6.45) is -4.11. The molecule has 1 aliphatic rings. The van der Waals surface area contributed by atoms with Gasteiger partial charge < -0.3 is 11.1 Å². The summed E-state index contributed by atoms with van der Waals surface area (Å²) in [5.74, 6) is -1.51. The van der Waals surface area contributed by atoms with Crippen molar-refractivity contribution in [2.45, 2.75) is 45.1 Å². The van der Waals surface area contributed by atoms with E-state index in [9.17, 15) is 27.2 Å². The van der Waals surface area contributed by atoms with Gasteiger partial charge in [-0.05, 0) is 53.9 Å². The number of halogens is 5. The second kappa shape index (κ2) is 9.80. The van der Waals surface area contributed by atoms with Crippen LogP contribution in [-0.2, 0) is 11.3 Å². The number of aryl methyl sites for hydroxylation is 1. The van der Waals surface area contributed by atoms with Crippen molar-refractivity contribution in [2.24, 2.45) is 5.73 Å². The van der Waals surface area contributed by atoms with Crippen LogP contribution in [0, 0.1) is 6.92 Å². The van der Waals surface area contributed by atoms with Crippen molar-refractivity contribution in [1.29, 1.82) is 0 Å². The van der Waals surface area contributed by atoms with Gasteiger partial charge >= 0.3 is 0 Å². The highest BCUT2D eigenvalue weighted by Gasteiger charge is 2.34. The zero-order chi connectivity index (χ0) is 26.6. The molecule has 1 saturated carbocycles. The summed E-state index contributed by atoms with van der Waals surface area (Å²) in [6.45, 7) is 1.46. The highest BCUT2D eigenvalue weighted by molar-refractivity contribution is 9.10. The van der Waals surface area contributed by atoms with Crippen LogP contribution in [0.4, 0.5) is 23.2 Å². The second-order valence-corrected chi connectivity index (χ2v) is 11.6. The van der Waals surface area contributed by atoms with E-state index in [0.29, 0.717) is 21.5 Å². The number of carbonyl (C=O) groups excluding carboxylic acids is 2. The number of carbonyl (C=O) groups is 2. The number of anilines is 1. The Morgan fingerprint density at radius 3 is 2.51 bits per heavy atom. The number of fused-ring (bicyclic) bond motifs is 1. The number of pyridine rings is 1. The third kappa shape index (κ3) is 4.89. The van der Waals surface area contributed by atoms with Gasteiger partial charge in [0.25, 0.3) is 18.8 Å². The number of thiophene rings is 2. The van der Waals surface area contributed by atoms with Crippen molar-refractivity contribution >= 4 is 66.3 Å². The van der Waals surface area contributed by atoms with E-state index in [1.807, 2.05) is 13.0 Å². The molecule has 14 heteroatoms. The Hall–Kier alpha value is -2.84. The van der Waals surface area contributed by atoms with Crippen molar-refractivity contribution < 1.29 is 27.2 Å². The molecule has 2 amide bonds. The third-order valence-electron chi connectivity index (χ3n) is 5.82. The number of hydrogen-bond acceptors (Lipinski definition) is 6. The molecule has 0 saturated heterocycles. The van der Waals surface area contributed by atoms with Crippen LogP contribution in [0.5, 0.6) is 0 Å². The SMILES string of the molecule is Cc1ccc(-c2cc(C(F)F)nc3sc(C(N)=O)c(NC(=O)Cn4nc(C(F)F)c(Br)c4C4CC4)c23)s1. The smallest absolute Gasteiger partial charge is 0.283 e. The molecule has 37 heavy (non-hydrogen) atoms. The van der Waals surface area contributed by atoms with Crippen molar-refractivity contribution in [3.8, 4) is 10.4 Å². The molecule has 0 radical (unpaired) electrons. The summed E-state index contributed by atoms with van der Waals surface area (Å²) < 4.78 is 55.6. The fraction of sp³-hybridized carbons (Fsp3) is 0.304. The van der Waals surface area contributed by atoms with E-state index in [4.69, 9.17) is 5.73 Å². The van der Waals surface area contributed by atoms with Crippen LogP contribution >= 0.6 is 38.6 Å². The van der Waals surface area contributed by atoms with Crippen molar-refractivity contribution in [2.75, 3.05) is 5.32 Å². The number of nitrogens with zero attached hydrogens (tertiary/aromatic N) is 3. The first kappa shape index (κ1) is 25.8. The maximum absolute atomic E-state index is 13.6. The summed E-state index contributed by atoms with van der Waals surface area (Å²) in [4.78, 5) is 31.1. The normalized spacial score (nSPS) is 13.7. The molecule has 1 fully saturated rings. The molecule has 194 valence electrons. The predicted octanol–water partition coefficient (Wildman–Crippen LogP) is 6.78. The molecular formula is C23H18BrF4N5O2S2. The summed E-state index contributed by atoms with van der Waals surface area (Å²) in [7, 11) is 0. The van der Waals surface area contributed by atoms with E-state index in [1.165, 1.54) is 22.1 Å². The highest BCUT2D eigenvalue weighted by atomic mass is 79.9. The lowest BCUT2D eigenvalue weighted by atomic mass is 10.1. The van der Waals surface area contributed by atoms with Crippen LogP contribution < -0.4 is 11.1 Å². The molecule has 0 bridgehead atoms. The number of aromatic nitrogens is 3. The third-order valence-corrected chi connectivity index (χ3v) is 8.76. The maximum Gasteiger partial charge on any atom is 0.283 e. The molecule has 1 aliphatic carbocycles. The van der Waals surface area contributed by atoms with Gasteiger partial charge in [-0.2, -0.15) is 5.10 Å². The Bertz CT molecular complexity index is 1540. The molecule has 3 N–H and O–H groups in total. The number of rotatable bonds is 8. The summed E-state index contributed by atoms with van der Waals surface area (Å²) in [5, 5.41) is 6.89. The molecule has 0 aromatic carbocycles. The minimum absolute atomic E-state index is 0.0102. The number of amides is 2. The molecule has 0 spiro atoms. The fourth-order valence-electron chi connectivity index (χ4n) is 4.09. The van der Waals surface area contributed by atoms with Gasteiger partial charge in [-0.15, -0.1) is 22.7 Å². The number of primary amides is 1. The molecule has 7 nitrogen and oxygen atoms in total. The molecule has 0 atom stereocenters. The first-order chi connectivity index (χ1) is 17.5. The van der Waals surface area contributed by atoms with E-state index >= 15 is 0 Å². The molecule has 0 aliphatic heterocycles. The van der Waals surface area contributed by atoms with Gasteiger partial charge in [0.2, 0.25) is 5.91 Å². The van der Waals surface area contributed by atoms with E-state index < -0.39 is 42.6 Å². The van der Waals surface area contributed by atoms with Crippen LogP contribution in [0.15, 0.2) is 22.7 Å². The van der Waals surface area contributed by atoms with Crippen LogP contribution in [0.2, 0.25) is 0 Å². The first-order valence-electron chi connectivity index (χ1n) is 11.0. The van der Waals surface area contributed by atoms with E-state index in [0.717, 1.165) is 29.1 Å². The van der Waals surface area contributed by atoms with E-state index in [-0.39, 0.29) is 25.8 Å². The van der Waals surface area contributed by atoms with Gasteiger partial charge in [0.1, 0.15) is 27.6 Å². The standard InChI is InChI=1S/C23H18BrF4N5O2S2/c1-8-2-5-12(36-8)10-6-11(20(25)26)30-23-14(10)16(19(37-23)22(29)35)31-13(34)7-33-18(9-3-4-9)15(24)17(32-33)21(27)28/h2,5-6,9,20-21H,3-4,7H2,1H3,(H2,29,35)(H,31,34). The van der Waals surface area contributed by atoms with Gasteiger partial charge in [0.05, 0.1) is 15.9 Å². The van der Waals surface area contributed by atoms with Crippen molar-refractivity contribution in [3.63, 3.8) is 0 Å². The van der Waals surface area contributed by atoms with Gasteiger partial charge in [0.15, 0.2) is 0 Å². The minimum atomic E-state index is -2.86. The molecule has 0 unspecified atom stereocenters. The van der Waals surface area contributed by atoms with Gasteiger partial charge in [0, 0.05) is 26.6 Å². The lowest BCUT2D eigenvalue weighted by Gasteiger charge is -2.11. The average Bonchev–Trinajstić information content (AvgIpc) is 3.31. The number of nitrogens with two attached hydrogens (primary N) is 1. The van der Waals surface area contributed by atoms with Gasteiger partial charge in [-0.1, -0.05) is 0 Å². The topological polar surface area (TPSA) is 103 Å². The maximum atomic E-state index is 13.6. The molecule has 4 aromatic rings. The Balaban J connectivity index is 1.59. The minimum Gasteiger partial charge on any atom is -0.365 e. The number of hydrogen-bond donors (Lipinski definition) is 2. The lowest BCUT2D eigenvalue weighted by Crippen LogP contribution is -2.22. The molecule has 4 heterocycles. The number of alkyl halides is 4.